The van der Waals surface area contributed by atoms with E-state index < -0.39 is 0 Å². The quantitative estimate of drug-likeness (QED) is 0.789. The Balaban J connectivity index is 2.34. The first-order valence-corrected chi connectivity index (χ1v) is 7.40. The number of hydrogen-bond donors (Lipinski definition) is 1. The van der Waals surface area contributed by atoms with Gasteiger partial charge in [0.05, 0.1) is 6.04 Å². The van der Waals surface area contributed by atoms with Crippen LogP contribution in [0.2, 0.25) is 0 Å². The molecular weight excluding hydrogens is 234 g/mol. The van der Waals surface area contributed by atoms with Crippen LogP contribution in [0.4, 0.5) is 0 Å². The third-order valence-corrected chi connectivity index (χ3v) is 4.01. The first kappa shape index (κ1) is 14.1. The van der Waals surface area contributed by atoms with Gasteiger partial charge < -0.3 is 9.73 Å². The highest BCUT2D eigenvalue weighted by molar-refractivity contribution is 5.79. The molecule has 2 aromatic rings. The van der Waals surface area contributed by atoms with Crippen molar-refractivity contribution in [3.63, 3.8) is 0 Å². The van der Waals surface area contributed by atoms with Crippen LogP contribution in [0.15, 0.2) is 28.7 Å². The van der Waals surface area contributed by atoms with Crippen molar-refractivity contribution < 1.29 is 4.42 Å². The van der Waals surface area contributed by atoms with Gasteiger partial charge in [0, 0.05) is 5.39 Å². The standard InChI is InChI=1S/C17H25NO/c1-5-7-15(18-4)17-11-14-10-13(12(3)6-2)8-9-16(14)19-17/h8-12,15,18H,5-7H2,1-4H3. The van der Waals surface area contributed by atoms with Gasteiger partial charge in [-0.15, -0.1) is 0 Å². The van der Waals surface area contributed by atoms with E-state index in [-0.39, 0.29) is 0 Å². The average Bonchev–Trinajstić information content (AvgIpc) is 2.86. The molecule has 0 spiro atoms. The maximum atomic E-state index is 5.98. The molecule has 2 nitrogen and oxygen atoms in total. The van der Waals surface area contributed by atoms with Crippen molar-refractivity contribution >= 4 is 11.0 Å². The number of hydrogen-bond acceptors (Lipinski definition) is 2. The van der Waals surface area contributed by atoms with Crippen LogP contribution in [0.25, 0.3) is 11.0 Å². The highest BCUT2D eigenvalue weighted by Crippen LogP contribution is 2.29. The predicted octanol–water partition coefficient (Wildman–Crippen LogP) is 5.01. The van der Waals surface area contributed by atoms with Crippen molar-refractivity contribution in [3.8, 4) is 0 Å². The second-order valence-corrected chi connectivity index (χ2v) is 5.39. The Kier molecular flexibility index (Phi) is 4.65. The molecule has 0 aliphatic rings. The summed E-state index contributed by atoms with van der Waals surface area (Å²) in [6, 6.07) is 9.09. The summed E-state index contributed by atoms with van der Waals surface area (Å²) < 4.78 is 5.98. The summed E-state index contributed by atoms with van der Waals surface area (Å²) in [5.41, 5.74) is 2.40. The number of fused-ring (bicyclic) bond motifs is 1. The number of furan rings is 1. The number of nitrogens with one attached hydrogen (secondary N) is 1. The van der Waals surface area contributed by atoms with Gasteiger partial charge in [0.15, 0.2) is 0 Å². The molecule has 2 rings (SSSR count). The lowest BCUT2D eigenvalue weighted by atomic mass is 9.97. The van der Waals surface area contributed by atoms with Gasteiger partial charge in [0.2, 0.25) is 0 Å². The molecule has 1 N–H and O–H groups in total. The highest BCUT2D eigenvalue weighted by Gasteiger charge is 2.14. The molecule has 19 heavy (non-hydrogen) atoms. The average molecular weight is 259 g/mol. The normalized spacial score (nSPS) is 14.7. The van der Waals surface area contributed by atoms with Crippen LogP contribution >= 0.6 is 0 Å². The van der Waals surface area contributed by atoms with Gasteiger partial charge in [-0.05, 0) is 49.6 Å². The van der Waals surface area contributed by atoms with Crippen molar-refractivity contribution in [3.05, 3.63) is 35.6 Å². The Morgan fingerprint density at radius 2 is 2.00 bits per heavy atom. The predicted molar refractivity (Wildman–Crippen MR) is 81.6 cm³/mol. The molecule has 104 valence electrons. The van der Waals surface area contributed by atoms with E-state index in [1.165, 1.54) is 17.4 Å². The fraction of sp³-hybridized carbons (Fsp3) is 0.529. The third kappa shape index (κ3) is 3.01. The lowest BCUT2D eigenvalue weighted by molar-refractivity contribution is 0.430. The zero-order chi connectivity index (χ0) is 13.8. The molecule has 0 amide bonds. The largest absolute Gasteiger partial charge is 0.459 e. The van der Waals surface area contributed by atoms with E-state index in [1.807, 2.05) is 7.05 Å². The molecule has 0 radical (unpaired) electrons. The Morgan fingerprint density at radius 1 is 1.21 bits per heavy atom. The molecule has 0 aliphatic heterocycles. The highest BCUT2D eigenvalue weighted by atomic mass is 16.3. The second-order valence-electron chi connectivity index (χ2n) is 5.39. The van der Waals surface area contributed by atoms with Crippen LogP contribution < -0.4 is 5.32 Å². The monoisotopic (exact) mass is 259 g/mol. The molecular formula is C17H25NO. The van der Waals surface area contributed by atoms with E-state index in [2.05, 4.69) is 50.4 Å². The third-order valence-electron chi connectivity index (χ3n) is 4.01. The zero-order valence-electron chi connectivity index (χ0n) is 12.5. The Hall–Kier alpha value is -1.28. The molecule has 1 aromatic carbocycles. The lowest BCUT2D eigenvalue weighted by Gasteiger charge is -2.11. The van der Waals surface area contributed by atoms with Crippen molar-refractivity contribution in [1.82, 2.24) is 5.32 Å². The van der Waals surface area contributed by atoms with E-state index in [0.29, 0.717) is 12.0 Å². The van der Waals surface area contributed by atoms with Crippen LogP contribution in [0, 0.1) is 0 Å². The summed E-state index contributed by atoms with van der Waals surface area (Å²) in [7, 11) is 2.00. The van der Waals surface area contributed by atoms with Gasteiger partial charge in [0.1, 0.15) is 11.3 Å². The van der Waals surface area contributed by atoms with E-state index in [4.69, 9.17) is 4.42 Å². The molecule has 0 saturated heterocycles. The Labute approximate surface area is 116 Å². The van der Waals surface area contributed by atoms with Crippen LogP contribution in [0.5, 0.6) is 0 Å². The zero-order valence-corrected chi connectivity index (χ0v) is 12.5. The van der Waals surface area contributed by atoms with Crippen molar-refractivity contribution in [2.45, 2.75) is 52.0 Å². The molecule has 2 heteroatoms. The minimum absolute atomic E-state index is 0.324. The molecule has 2 unspecified atom stereocenters. The number of rotatable bonds is 6. The van der Waals surface area contributed by atoms with Gasteiger partial charge in [0.25, 0.3) is 0 Å². The smallest absolute Gasteiger partial charge is 0.134 e. The summed E-state index contributed by atoms with van der Waals surface area (Å²) in [5.74, 6) is 1.67. The molecule has 1 aromatic heterocycles. The number of benzene rings is 1. The second kappa shape index (κ2) is 6.25. The molecule has 0 bridgehead atoms. The minimum atomic E-state index is 0.324. The SMILES string of the molecule is CCCC(NC)c1cc2cc(C(C)CC)ccc2o1. The van der Waals surface area contributed by atoms with Gasteiger partial charge in [-0.2, -0.15) is 0 Å². The maximum absolute atomic E-state index is 5.98. The fourth-order valence-corrected chi connectivity index (χ4v) is 2.51. The van der Waals surface area contributed by atoms with Crippen molar-refractivity contribution in [2.24, 2.45) is 0 Å². The van der Waals surface area contributed by atoms with Crippen LogP contribution in [0.1, 0.15) is 63.3 Å². The van der Waals surface area contributed by atoms with Crippen molar-refractivity contribution in [1.29, 1.82) is 0 Å². The summed E-state index contributed by atoms with van der Waals surface area (Å²) in [6.07, 6.45) is 3.43. The summed E-state index contributed by atoms with van der Waals surface area (Å²) in [5, 5.41) is 4.56. The first-order chi connectivity index (χ1) is 9.19. The summed E-state index contributed by atoms with van der Waals surface area (Å²) in [4.78, 5) is 0. The minimum Gasteiger partial charge on any atom is -0.459 e. The lowest BCUT2D eigenvalue weighted by Crippen LogP contribution is -2.15. The summed E-state index contributed by atoms with van der Waals surface area (Å²) >= 11 is 0. The molecule has 0 fully saturated rings. The Bertz CT molecular complexity index is 529. The topological polar surface area (TPSA) is 25.2 Å². The van der Waals surface area contributed by atoms with Crippen LogP contribution in [0.3, 0.4) is 0 Å². The first-order valence-electron chi connectivity index (χ1n) is 7.40. The molecule has 0 saturated carbocycles. The van der Waals surface area contributed by atoms with Gasteiger partial charge in [-0.1, -0.05) is 33.3 Å². The van der Waals surface area contributed by atoms with E-state index in [9.17, 15) is 0 Å². The Morgan fingerprint density at radius 3 is 2.63 bits per heavy atom. The fourth-order valence-electron chi connectivity index (χ4n) is 2.51. The van der Waals surface area contributed by atoms with E-state index in [0.717, 1.165) is 24.2 Å². The maximum Gasteiger partial charge on any atom is 0.134 e. The summed E-state index contributed by atoms with van der Waals surface area (Å²) in [6.45, 7) is 6.71. The van der Waals surface area contributed by atoms with Crippen LogP contribution in [-0.4, -0.2) is 7.05 Å². The van der Waals surface area contributed by atoms with Crippen LogP contribution in [-0.2, 0) is 0 Å². The van der Waals surface area contributed by atoms with E-state index in [1.54, 1.807) is 0 Å². The molecule has 1 heterocycles. The van der Waals surface area contributed by atoms with E-state index >= 15 is 0 Å². The molecule has 0 aliphatic carbocycles. The van der Waals surface area contributed by atoms with Gasteiger partial charge in [-0.25, -0.2) is 0 Å². The van der Waals surface area contributed by atoms with Gasteiger partial charge >= 0.3 is 0 Å². The van der Waals surface area contributed by atoms with Crippen molar-refractivity contribution in [2.75, 3.05) is 7.05 Å². The van der Waals surface area contributed by atoms with Gasteiger partial charge in [-0.3, -0.25) is 0 Å². The molecule has 2 atom stereocenters.